The van der Waals surface area contributed by atoms with Crippen molar-refractivity contribution in [2.75, 3.05) is 5.73 Å². The van der Waals surface area contributed by atoms with Gasteiger partial charge in [-0.25, -0.2) is 8.42 Å². The number of nitrogens with two attached hydrogens (primary N) is 1. The van der Waals surface area contributed by atoms with E-state index in [0.29, 0.717) is 6.07 Å². The fourth-order valence-electron chi connectivity index (χ4n) is 0.875. The number of hydrogen-bond donors (Lipinski definition) is 1. The molecule has 0 fully saturated rings. The molecule has 1 rings (SSSR count). The summed E-state index contributed by atoms with van der Waals surface area (Å²) in [6, 6.07) is 1.42. The third-order valence-electron chi connectivity index (χ3n) is 1.65. The largest absolute Gasteiger partial charge is 0.501 e. The van der Waals surface area contributed by atoms with Gasteiger partial charge in [0, 0.05) is 0 Å². The maximum atomic E-state index is 12.2. The normalized spacial score (nSPS) is 12.8. The third-order valence-corrected chi connectivity index (χ3v) is 3.92. The Balaban J connectivity index is 3.53. The summed E-state index contributed by atoms with van der Waals surface area (Å²) in [5.41, 5.74) is -0.524. The minimum atomic E-state index is -5.52. The lowest BCUT2D eigenvalue weighted by atomic mass is 10.3. The average molecular weight is 294 g/mol. The van der Waals surface area contributed by atoms with Crippen LogP contribution in [0.25, 0.3) is 0 Å². The molecule has 2 N–H and O–H groups in total. The number of sulfone groups is 1. The van der Waals surface area contributed by atoms with Crippen LogP contribution in [0.3, 0.4) is 0 Å². The second-order valence-electron chi connectivity index (χ2n) is 2.75. The first-order chi connectivity index (χ1) is 7.07. The molecule has 3 nitrogen and oxygen atoms in total. The fourth-order valence-corrected chi connectivity index (χ4v) is 2.41. The standard InChI is InChI=1S/C7H4Cl2F3NO2S/c8-3-1-4(9)6(2-5(3)13)16(14,15)7(10,11)12/h1-2H,13H2. The predicted octanol–water partition coefficient (Wildman–Crippen LogP) is 2.87. The van der Waals surface area contributed by atoms with E-state index in [0.717, 1.165) is 6.07 Å². The molecule has 9 heteroatoms. The van der Waals surface area contributed by atoms with E-state index >= 15 is 0 Å². The number of anilines is 1. The van der Waals surface area contributed by atoms with Gasteiger partial charge in [0.15, 0.2) is 0 Å². The maximum Gasteiger partial charge on any atom is 0.501 e. The van der Waals surface area contributed by atoms with Crippen LogP contribution in [0.15, 0.2) is 17.0 Å². The van der Waals surface area contributed by atoms with Crippen molar-refractivity contribution in [3.63, 3.8) is 0 Å². The first-order valence-electron chi connectivity index (χ1n) is 3.63. The summed E-state index contributed by atoms with van der Waals surface area (Å²) in [7, 11) is -5.52. The Morgan fingerprint density at radius 3 is 2.06 bits per heavy atom. The molecule has 0 unspecified atom stereocenters. The van der Waals surface area contributed by atoms with Gasteiger partial charge in [0.2, 0.25) is 0 Å². The Hall–Kier alpha value is -0.660. The van der Waals surface area contributed by atoms with Crippen LogP contribution in [0.1, 0.15) is 0 Å². The van der Waals surface area contributed by atoms with Crippen molar-refractivity contribution in [2.45, 2.75) is 10.4 Å². The lowest BCUT2D eigenvalue weighted by Crippen LogP contribution is -2.23. The Morgan fingerprint density at radius 1 is 1.12 bits per heavy atom. The van der Waals surface area contributed by atoms with Crippen LogP contribution in [0.5, 0.6) is 0 Å². The molecule has 0 saturated carbocycles. The zero-order valence-corrected chi connectivity index (χ0v) is 9.67. The molecule has 0 bridgehead atoms. The average Bonchev–Trinajstić information content (AvgIpc) is 2.09. The third kappa shape index (κ3) is 2.21. The lowest BCUT2D eigenvalue weighted by Gasteiger charge is -2.10. The van der Waals surface area contributed by atoms with Crippen molar-refractivity contribution in [1.29, 1.82) is 0 Å². The van der Waals surface area contributed by atoms with Crippen LogP contribution in [-0.2, 0) is 9.84 Å². The zero-order valence-electron chi connectivity index (χ0n) is 7.35. The van der Waals surface area contributed by atoms with Gasteiger partial charge in [0.25, 0.3) is 9.84 Å². The highest BCUT2D eigenvalue weighted by molar-refractivity contribution is 7.92. The number of hydrogen-bond acceptors (Lipinski definition) is 3. The van der Waals surface area contributed by atoms with Gasteiger partial charge < -0.3 is 5.73 Å². The van der Waals surface area contributed by atoms with E-state index in [2.05, 4.69) is 0 Å². The van der Waals surface area contributed by atoms with Crippen LogP contribution in [0.2, 0.25) is 10.0 Å². The molecule has 0 heterocycles. The maximum absolute atomic E-state index is 12.2. The highest BCUT2D eigenvalue weighted by Gasteiger charge is 2.48. The van der Waals surface area contributed by atoms with Crippen LogP contribution in [-0.4, -0.2) is 13.9 Å². The number of benzene rings is 1. The van der Waals surface area contributed by atoms with E-state index in [1.54, 1.807) is 0 Å². The molecule has 0 amide bonds. The van der Waals surface area contributed by atoms with Crippen molar-refractivity contribution in [3.8, 4) is 0 Å². The Labute approximate surface area is 98.9 Å². The van der Waals surface area contributed by atoms with Crippen molar-refractivity contribution in [1.82, 2.24) is 0 Å². The highest BCUT2D eigenvalue weighted by Crippen LogP contribution is 2.37. The molecule has 0 aliphatic rings. The van der Waals surface area contributed by atoms with Crippen molar-refractivity contribution in [3.05, 3.63) is 22.2 Å². The van der Waals surface area contributed by atoms with Crippen LogP contribution in [0, 0.1) is 0 Å². The molecule has 0 radical (unpaired) electrons. The summed E-state index contributed by atoms with van der Waals surface area (Å²) in [4.78, 5) is -1.11. The second kappa shape index (κ2) is 3.97. The quantitative estimate of drug-likeness (QED) is 0.810. The molecule has 0 aliphatic heterocycles. The van der Waals surface area contributed by atoms with Gasteiger partial charge in [-0.05, 0) is 12.1 Å². The Kier molecular flexibility index (Phi) is 3.33. The summed E-state index contributed by atoms with van der Waals surface area (Å²) in [5.74, 6) is 0. The number of nitrogen functional groups attached to an aromatic ring is 1. The first-order valence-corrected chi connectivity index (χ1v) is 5.87. The summed E-state index contributed by atoms with van der Waals surface area (Å²) in [6.07, 6.45) is 0. The zero-order chi connectivity index (χ0) is 12.7. The molecule has 0 saturated heterocycles. The summed E-state index contributed by atoms with van der Waals surface area (Å²) in [5, 5.41) is -0.748. The van der Waals surface area contributed by atoms with Gasteiger partial charge in [-0.1, -0.05) is 23.2 Å². The van der Waals surface area contributed by atoms with E-state index in [-0.39, 0.29) is 10.7 Å². The van der Waals surface area contributed by atoms with E-state index in [1.807, 2.05) is 0 Å². The molecule has 0 aromatic heterocycles. The van der Waals surface area contributed by atoms with Crippen molar-refractivity contribution >= 4 is 38.7 Å². The Bertz CT molecular complexity index is 527. The molecule has 1 aromatic rings. The smallest absolute Gasteiger partial charge is 0.397 e. The van der Waals surface area contributed by atoms with Crippen LogP contribution in [0.4, 0.5) is 18.9 Å². The minimum absolute atomic E-state index is 0.119. The number of halogens is 5. The highest BCUT2D eigenvalue weighted by atomic mass is 35.5. The second-order valence-corrected chi connectivity index (χ2v) is 5.48. The predicted molar refractivity (Wildman–Crippen MR) is 54.1 cm³/mol. The monoisotopic (exact) mass is 293 g/mol. The minimum Gasteiger partial charge on any atom is -0.397 e. The molecule has 0 spiro atoms. The fraction of sp³-hybridized carbons (Fsp3) is 0.143. The summed E-state index contributed by atoms with van der Waals surface area (Å²) >= 11 is 10.8. The summed E-state index contributed by atoms with van der Waals surface area (Å²) in [6.45, 7) is 0. The van der Waals surface area contributed by atoms with E-state index < -0.39 is 25.3 Å². The van der Waals surface area contributed by atoms with Gasteiger partial charge >= 0.3 is 5.51 Å². The van der Waals surface area contributed by atoms with E-state index in [1.165, 1.54) is 0 Å². The van der Waals surface area contributed by atoms with Crippen LogP contribution >= 0.6 is 23.2 Å². The van der Waals surface area contributed by atoms with Gasteiger partial charge in [0.1, 0.15) is 0 Å². The van der Waals surface area contributed by atoms with Gasteiger partial charge in [0.05, 0.1) is 20.6 Å². The summed E-state index contributed by atoms with van der Waals surface area (Å²) < 4.78 is 58.7. The Morgan fingerprint density at radius 2 is 1.62 bits per heavy atom. The van der Waals surface area contributed by atoms with E-state index in [4.69, 9.17) is 28.9 Å². The molecule has 90 valence electrons. The molecule has 0 atom stereocenters. The number of rotatable bonds is 1. The molecule has 0 aliphatic carbocycles. The van der Waals surface area contributed by atoms with Gasteiger partial charge in [-0.2, -0.15) is 13.2 Å². The van der Waals surface area contributed by atoms with E-state index in [9.17, 15) is 21.6 Å². The lowest BCUT2D eigenvalue weighted by molar-refractivity contribution is -0.0435. The van der Waals surface area contributed by atoms with Gasteiger partial charge in [-0.3, -0.25) is 0 Å². The van der Waals surface area contributed by atoms with Gasteiger partial charge in [-0.15, -0.1) is 0 Å². The van der Waals surface area contributed by atoms with Crippen molar-refractivity contribution in [2.24, 2.45) is 0 Å². The molecule has 16 heavy (non-hydrogen) atoms. The molecule has 1 aromatic carbocycles. The topological polar surface area (TPSA) is 60.2 Å². The van der Waals surface area contributed by atoms with Crippen molar-refractivity contribution < 1.29 is 21.6 Å². The number of alkyl halides is 3. The molecular formula is C7H4Cl2F3NO2S. The first kappa shape index (κ1) is 13.4. The SMILES string of the molecule is Nc1cc(S(=O)(=O)C(F)(F)F)c(Cl)cc1Cl. The van der Waals surface area contributed by atoms with Crippen LogP contribution < -0.4 is 5.73 Å². The molecular weight excluding hydrogens is 290 g/mol.